The van der Waals surface area contributed by atoms with Crippen LogP contribution in [0.25, 0.3) is 0 Å². The highest BCUT2D eigenvalue weighted by Gasteiger charge is 2.20. The zero-order valence-corrected chi connectivity index (χ0v) is 11.6. The van der Waals surface area contributed by atoms with Crippen LogP contribution >= 0.6 is 0 Å². The maximum absolute atomic E-state index is 10.0. The minimum absolute atomic E-state index is 0.523. The Hall–Kier alpha value is -0.880. The summed E-state index contributed by atoms with van der Waals surface area (Å²) in [6.07, 6.45) is 1.08. The van der Waals surface area contributed by atoms with Gasteiger partial charge in [-0.15, -0.1) is 0 Å². The van der Waals surface area contributed by atoms with Crippen molar-refractivity contribution in [3.05, 3.63) is 24.2 Å². The van der Waals surface area contributed by atoms with Crippen molar-refractivity contribution < 1.29 is 14.3 Å². The molecule has 0 bridgehead atoms. The van der Waals surface area contributed by atoms with Gasteiger partial charge in [0.25, 0.3) is 0 Å². The summed E-state index contributed by atoms with van der Waals surface area (Å²) in [6.45, 7) is 9.33. The number of ether oxygens (including phenoxy) is 1. The standard InChI is InChI=1S/C14H24N2O3/c1-2-18-11-9-15-5-7-16(8-6-15)12-13(17)14-4-3-10-19-14/h3-4,10,13,17H,2,5-9,11-12H2,1H3/t13-/m1/s1. The Balaban J connectivity index is 1.66. The Kier molecular flexibility index (Phi) is 5.85. The maximum atomic E-state index is 10.0. The number of β-amino-alcohol motifs (C(OH)–C–C–N with tert-alkyl or cyclic N) is 1. The first-order valence-corrected chi connectivity index (χ1v) is 7.03. The molecular formula is C14H24N2O3. The molecule has 108 valence electrons. The van der Waals surface area contributed by atoms with Crippen molar-refractivity contribution in [3.63, 3.8) is 0 Å². The molecule has 0 aliphatic carbocycles. The molecule has 0 spiro atoms. The molecule has 1 fully saturated rings. The molecule has 5 nitrogen and oxygen atoms in total. The first-order chi connectivity index (χ1) is 9.29. The number of nitrogens with zero attached hydrogens (tertiary/aromatic N) is 2. The van der Waals surface area contributed by atoms with Gasteiger partial charge in [-0.1, -0.05) is 0 Å². The van der Waals surface area contributed by atoms with Crippen LogP contribution in [0.3, 0.4) is 0 Å². The largest absolute Gasteiger partial charge is 0.467 e. The third-order valence-electron chi connectivity index (χ3n) is 3.52. The first kappa shape index (κ1) is 14.5. The zero-order valence-electron chi connectivity index (χ0n) is 11.6. The summed E-state index contributed by atoms with van der Waals surface area (Å²) < 4.78 is 10.6. The van der Waals surface area contributed by atoms with E-state index in [0.717, 1.165) is 45.9 Å². The van der Waals surface area contributed by atoms with Gasteiger partial charge in [-0.05, 0) is 19.1 Å². The Labute approximate surface area is 114 Å². The summed E-state index contributed by atoms with van der Waals surface area (Å²) in [5.74, 6) is 0.652. The predicted molar refractivity (Wildman–Crippen MR) is 73.0 cm³/mol. The van der Waals surface area contributed by atoms with Crippen LogP contribution in [0.4, 0.5) is 0 Å². The van der Waals surface area contributed by atoms with E-state index in [0.29, 0.717) is 12.3 Å². The minimum atomic E-state index is -0.523. The number of aliphatic hydroxyl groups excluding tert-OH is 1. The van der Waals surface area contributed by atoms with Crippen LogP contribution in [0.15, 0.2) is 22.8 Å². The molecule has 1 saturated heterocycles. The normalized spacial score (nSPS) is 19.7. The Morgan fingerprint density at radius 1 is 1.32 bits per heavy atom. The lowest BCUT2D eigenvalue weighted by atomic mass is 10.2. The third kappa shape index (κ3) is 4.62. The van der Waals surface area contributed by atoms with Crippen molar-refractivity contribution in [2.24, 2.45) is 0 Å². The number of furan rings is 1. The fourth-order valence-corrected chi connectivity index (χ4v) is 2.35. The number of aliphatic hydroxyl groups is 1. The highest BCUT2D eigenvalue weighted by Crippen LogP contribution is 2.15. The molecule has 1 N–H and O–H groups in total. The number of piperazine rings is 1. The van der Waals surface area contributed by atoms with Gasteiger partial charge in [0.05, 0.1) is 12.9 Å². The summed E-state index contributed by atoms with van der Waals surface area (Å²) in [7, 11) is 0. The van der Waals surface area contributed by atoms with Gasteiger partial charge in [0, 0.05) is 45.9 Å². The second-order valence-electron chi connectivity index (χ2n) is 4.87. The summed E-state index contributed by atoms with van der Waals surface area (Å²) in [4.78, 5) is 4.69. The van der Waals surface area contributed by atoms with Gasteiger partial charge in [0.2, 0.25) is 0 Å². The molecule has 1 aromatic rings. The van der Waals surface area contributed by atoms with Crippen molar-refractivity contribution in [1.29, 1.82) is 0 Å². The summed E-state index contributed by atoms with van der Waals surface area (Å²) in [5.41, 5.74) is 0. The van der Waals surface area contributed by atoms with Gasteiger partial charge in [-0.2, -0.15) is 0 Å². The van der Waals surface area contributed by atoms with E-state index in [1.807, 2.05) is 19.1 Å². The molecule has 19 heavy (non-hydrogen) atoms. The minimum Gasteiger partial charge on any atom is -0.467 e. The molecule has 0 radical (unpaired) electrons. The van der Waals surface area contributed by atoms with Crippen LogP contribution < -0.4 is 0 Å². The van der Waals surface area contributed by atoms with Crippen LogP contribution in [0.2, 0.25) is 0 Å². The lowest BCUT2D eigenvalue weighted by molar-refractivity contribution is 0.0484. The van der Waals surface area contributed by atoms with Gasteiger partial charge in [-0.25, -0.2) is 0 Å². The average molecular weight is 268 g/mol. The van der Waals surface area contributed by atoms with Crippen molar-refractivity contribution in [2.75, 3.05) is 52.5 Å². The molecule has 0 saturated carbocycles. The second kappa shape index (κ2) is 7.65. The van der Waals surface area contributed by atoms with Gasteiger partial charge in [0.1, 0.15) is 11.9 Å². The lowest BCUT2D eigenvalue weighted by Crippen LogP contribution is -2.48. The van der Waals surface area contributed by atoms with Crippen LogP contribution in [0.5, 0.6) is 0 Å². The molecule has 1 aliphatic rings. The van der Waals surface area contributed by atoms with E-state index in [1.165, 1.54) is 0 Å². The summed E-state index contributed by atoms with van der Waals surface area (Å²) in [5, 5.41) is 10.0. The van der Waals surface area contributed by atoms with Crippen molar-refractivity contribution >= 4 is 0 Å². The molecule has 0 unspecified atom stereocenters. The summed E-state index contributed by atoms with van der Waals surface area (Å²) >= 11 is 0. The highest BCUT2D eigenvalue weighted by molar-refractivity contribution is 5.02. The third-order valence-corrected chi connectivity index (χ3v) is 3.52. The maximum Gasteiger partial charge on any atom is 0.133 e. The van der Waals surface area contributed by atoms with Crippen LogP contribution in [-0.4, -0.2) is 67.4 Å². The first-order valence-electron chi connectivity index (χ1n) is 7.03. The topological polar surface area (TPSA) is 49.1 Å². The van der Waals surface area contributed by atoms with Crippen molar-refractivity contribution in [1.82, 2.24) is 9.80 Å². The Bertz CT molecular complexity index is 334. The van der Waals surface area contributed by atoms with E-state index >= 15 is 0 Å². The molecule has 1 atom stereocenters. The van der Waals surface area contributed by atoms with E-state index in [9.17, 15) is 5.11 Å². The van der Waals surface area contributed by atoms with Gasteiger partial charge >= 0.3 is 0 Å². The fourth-order valence-electron chi connectivity index (χ4n) is 2.35. The molecular weight excluding hydrogens is 244 g/mol. The van der Waals surface area contributed by atoms with Crippen LogP contribution in [-0.2, 0) is 4.74 Å². The van der Waals surface area contributed by atoms with Gasteiger partial charge < -0.3 is 14.3 Å². The Morgan fingerprint density at radius 2 is 2.05 bits per heavy atom. The lowest BCUT2D eigenvalue weighted by Gasteiger charge is -2.35. The number of rotatable bonds is 7. The van der Waals surface area contributed by atoms with E-state index in [1.54, 1.807) is 6.26 Å². The molecule has 1 aromatic heterocycles. The van der Waals surface area contributed by atoms with Crippen molar-refractivity contribution in [3.8, 4) is 0 Å². The van der Waals surface area contributed by atoms with Crippen LogP contribution in [0, 0.1) is 0 Å². The quantitative estimate of drug-likeness (QED) is 0.747. The second-order valence-corrected chi connectivity index (χ2v) is 4.87. The molecule has 1 aliphatic heterocycles. The molecule has 0 aromatic carbocycles. The van der Waals surface area contributed by atoms with E-state index < -0.39 is 6.10 Å². The SMILES string of the molecule is CCOCCN1CCN(C[C@@H](O)c2ccco2)CC1. The fraction of sp³-hybridized carbons (Fsp3) is 0.714. The molecule has 0 amide bonds. The molecule has 2 rings (SSSR count). The number of hydrogen-bond acceptors (Lipinski definition) is 5. The molecule has 5 heteroatoms. The number of hydrogen-bond donors (Lipinski definition) is 1. The zero-order chi connectivity index (χ0) is 13.5. The monoisotopic (exact) mass is 268 g/mol. The average Bonchev–Trinajstić information content (AvgIpc) is 2.95. The van der Waals surface area contributed by atoms with Gasteiger partial charge in [-0.3, -0.25) is 9.80 Å². The van der Waals surface area contributed by atoms with E-state index in [2.05, 4.69) is 9.80 Å². The highest BCUT2D eigenvalue weighted by atomic mass is 16.5. The van der Waals surface area contributed by atoms with Crippen molar-refractivity contribution in [2.45, 2.75) is 13.0 Å². The van der Waals surface area contributed by atoms with E-state index in [-0.39, 0.29) is 0 Å². The summed E-state index contributed by atoms with van der Waals surface area (Å²) in [6, 6.07) is 3.63. The molecule has 2 heterocycles. The van der Waals surface area contributed by atoms with Crippen LogP contribution in [0.1, 0.15) is 18.8 Å². The Morgan fingerprint density at radius 3 is 2.68 bits per heavy atom. The predicted octanol–water partition coefficient (Wildman–Crippen LogP) is 0.967. The van der Waals surface area contributed by atoms with Gasteiger partial charge in [0.15, 0.2) is 0 Å². The van der Waals surface area contributed by atoms with E-state index in [4.69, 9.17) is 9.15 Å². The smallest absolute Gasteiger partial charge is 0.133 e.